The summed E-state index contributed by atoms with van der Waals surface area (Å²) in [7, 11) is 0. The maximum Gasteiger partial charge on any atom is 0.306 e. The third-order valence-electron chi connectivity index (χ3n) is 2.59. The minimum atomic E-state index is -0.0486. The van der Waals surface area contributed by atoms with Crippen molar-refractivity contribution in [2.45, 2.75) is 64.4 Å². The molecule has 2 N–H and O–H groups in total. The zero-order valence-corrected chi connectivity index (χ0v) is 9.05. The molecule has 3 heteroatoms. The number of cyclic esters (lactones) is 1. The summed E-state index contributed by atoms with van der Waals surface area (Å²) < 4.78 is 4.72. The molecule has 2 rings (SSSR count). The van der Waals surface area contributed by atoms with Crippen LogP contribution in [0.4, 0.5) is 0 Å². The van der Waals surface area contributed by atoms with Crippen LogP contribution in [0.1, 0.15) is 58.3 Å². The van der Waals surface area contributed by atoms with Crippen molar-refractivity contribution in [3.63, 3.8) is 0 Å². The second kappa shape index (κ2) is 7.80. The summed E-state index contributed by atoms with van der Waals surface area (Å²) in [6, 6.07) is 0. The molecule has 0 amide bonds. The van der Waals surface area contributed by atoms with E-state index in [-0.39, 0.29) is 17.5 Å². The van der Waals surface area contributed by atoms with Crippen LogP contribution in [0.25, 0.3) is 0 Å². The first-order valence-corrected chi connectivity index (χ1v) is 5.48. The SMILES string of the molecule is C1CCCCC1.CC1CCC(=O)O1.O. The second-order valence-electron chi connectivity index (χ2n) is 3.96. The lowest BCUT2D eigenvalue weighted by molar-refractivity contribution is -0.140. The van der Waals surface area contributed by atoms with Gasteiger partial charge in [0, 0.05) is 6.42 Å². The van der Waals surface area contributed by atoms with Gasteiger partial charge in [-0.2, -0.15) is 0 Å². The van der Waals surface area contributed by atoms with Gasteiger partial charge in [-0.1, -0.05) is 38.5 Å². The average Bonchev–Trinajstić information content (AvgIpc) is 2.54. The highest BCUT2D eigenvalue weighted by molar-refractivity contribution is 5.71. The molecule has 3 nitrogen and oxygen atoms in total. The molecular weight excluding hydrogens is 180 g/mol. The maximum atomic E-state index is 10.2. The zero-order chi connectivity index (χ0) is 9.52. The summed E-state index contributed by atoms with van der Waals surface area (Å²) in [4.78, 5) is 10.2. The van der Waals surface area contributed by atoms with Gasteiger partial charge < -0.3 is 10.2 Å². The fraction of sp³-hybridized carbons (Fsp3) is 0.909. The Morgan fingerprint density at radius 3 is 1.64 bits per heavy atom. The molecular formula is C11H22O3. The summed E-state index contributed by atoms with van der Waals surface area (Å²) in [5.41, 5.74) is 0. The van der Waals surface area contributed by atoms with Crippen LogP contribution >= 0.6 is 0 Å². The lowest BCUT2D eigenvalue weighted by atomic mass is 10.0. The summed E-state index contributed by atoms with van der Waals surface area (Å²) in [5, 5.41) is 0. The van der Waals surface area contributed by atoms with Crippen molar-refractivity contribution in [1.29, 1.82) is 0 Å². The van der Waals surface area contributed by atoms with Crippen LogP contribution < -0.4 is 0 Å². The van der Waals surface area contributed by atoms with E-state index in [1.807, 2.05) is 6.92 Å². The molecule has 2 fully saturated rings. The maximum absolute atomic E-state index is 10.2. The van der Waals surface area contributed by atoms with Crippen LogP contribution in [0.3, 0.4) is 0 Å². The monoisotopic (exact) mass is 202 g/mol. The van der Waals surface area contributed by atoms with Crippen molar-refractivity contribution in [3.8, 4) is 0 Å². The van der Waals surface area contributed by atoms with Gasteiger partial charge >= 0.3 is 5.97 Å². The van der Waals surface area contributed by atoms with E-state index in [1.165, 1.54) is 38.5 Å². The van der Waals surface area contributed by atoms with Gasteiger partial charge in [-0.3, -0.25) is 4.79 Å². The second-order valence-corrected chi connectivity index (χ2v) is 3.96. The van der Waals surface area contributed by atoms with Gasteiger partial charge in [-0.15, -0.1) is 0 Å². The molecule has 0 radical (unpaired) electrons. The number of hydrogen-bond donors (Lipinski definition) is 0. The van der Waals surface area contributed by atoms with Gasteiger partial charge in [0.1, 0.15) is 0 Å². The van der Waals surface area contributed by atoms with Gasteiger partial charge in [-0.25, -0.2) is 0 Å². The fourth-order valence-corrected chi connectivity index (χ4v) is 1.72. The van der Waals surface area contributed by atoms with Gasteiger partial charge in [0.05, 0.1) is 6.10 Å². The van der Waals surface area contributed by atoms with Crippen LogP contribution in [-0.2, 0) is 9.53 Å². The van der Waals surface area contributed by atoms with Crippen molar-refractivity contribution in [2.24, 2.45) is 0 Å². The van der Waals surface area contributed by atoms with Gasteiger partial charge in [0.25, 0.3) is 0 Å². The van der Waals surface area contributed by atoms with Crippen molar-refractivity contribution >= 4 is 5.97 Å². The van der Waals surface area contributed by atoms with Crippen LogP contribution in [-0.4, -0.2) is 17.5 Å². The Hall–Kier alpha value is -0.570. The first kappa shape index (κ1) is 13.4. The minimum Gasteiger partial charge on any atom is -0.463 e. The van der Waals surface area contributed by atoms with Crippen LogP contribution in [0.15, 0.2) is 0 Å². The predicted octanol–water partition coefficient (Wildman–Crippen LogP) is 2.23. The molecule has 14 heavy (non-hydrogen) atoms. The summed E-state index contributed by atoms with van der Waals surface area (Å²) in [6.45, 7) is 1.91. The first-order chi connectivity index (χ1) is 6.29. The average molecular weight is 202 g/mol. The van der Waals surface area contributed by atoms with E-state index < -0.39 is 0 Å². The van der Waals surface area contributed by atoms with E-state index in [1.54, 1.807) is 0 Å². The highest BCUT2D eigenvalue weighted by Crippen LogP contribution is 2.15. The third kappa shape index (κ3) is 5.97. The van der Waals surface area contributed by atoms with Crippen molar-refractivity contribution in [2.75, 3.05) is 0 Å². The quantitative estimate of drug-likeness (QED) is 0.565. The smallest absolute Gasteiger partial charge is 0.306 e. The molecule has 1 atom stereocenters. The molecule has 1 saturated heterocycles. The number of esters is 1. The lowest BCUT2D eigenvalue weighted by Crippen LogP contribution is -1.98. The van der Waals surface area contributed by atoms with E-state index in [0.717, 1.165) is 6.42 Å². The predicted molar refractivity (Wildman–Crippen MR) is 56.1 cm³/mol. The molecule has 1 saturated carbocycles. The molecule has 1 unspecified atom stereocenters. The molecule has 1 heterocycles. The van der Waals surface area contributed by atoms with E-state index in [9.17, 15) is 4.79 Å². The van der Waals surface area contributed by atoms with Crippen LogP contribution in [0, 0.1) is 0 Å². The normalized spacial score (nSPS) is 25.5. The third-order valence-corrected chi connectivity index (χ3v) is 2.59. The summed E-state index contributed by atoms with van der Waals surface area (Å²) in [5.74, 6) is -0.0486. The molecule has 0 aromatic carbocycles. The Morgan fingerprint density at radius 1 is 1.07 bits per heavy atom. The van der Waals surface area contributed by atoms with Gasteiger partial charge in [0.2, 0.25) is 0 Å². The van der Waals surface area contributed by atoms with Crippen molar-refractivity contribution in [1.82, 2.24) is 0 Å². The number of rotatable bonds is 0. The Morgan fingerprint density at radius 2 is 1.50 bits per heavy atom. The highest BCUT2D eigenvalue weighted by Gasteiger charge is 2.17. The Balaban J connectivity index is 0.000000227. The van der Waals surface area contributed by atoms with Gasteiger partial charge in [0.15, 0.2) is 0 Å². The number of ether oxygens (including phenoxy) is 1. The van der Waals surface area contributed by atoms with Crippen LogP contribution in [0.2, 0.25) is 0 Å². The van der Waals surface area contributed by atoms with E-state index in [0.29, 0.717) is 6.42 Å². The topological polar surface area (TPSA) is 57.8 Å². The first-order valence-electron chi connectivity index (χ1n) is 5.48. The van der Waals surface area contributed by atoms with Gasteiger partial charge in [-0.05, 0) is 13.3 Å². The number of carbonyl (C=O) groups is 1. The number of hydrogen-bond acceptors (Lipinski definition) is 2. The van der Waals surface area contributed by atoms with Crippen molar-refractivity contribution in [3.05, 3.63) is 0 Å². The summed E-state index contributed by atoms with van der Waals surface area (Å²) >= 11 is 0. The molecule has 84 valence electrons. The Labute approximate surface area is 86.1 Å². The standard InChI is InChI=1S/C6H12.C5H8O2.H2O/c1-2-4-6-5-3-1;1-4-2-3-5(6)7-4;/h1-6H2;4H,2-3H2,1H3;1H2. The largest absolute Gasteiger partial charge is 0.463 e. The van der Waals surface area contributed by atoms with Crippen molar-refractivity contribution < 1.29 is 15.0 Å². The van der Waals surface area contributed by atoms with E-state index >= 15 is 0 Å². The molecule has 2 aliphatic rings. The fourth-order valence-electron chi connectivity index (χ4n) is 1.72. The zero-order valence-electron chi connectivity index (χ0n) is 9.05. The molecule has 1 aliphatic carbocycles. The molecule has 0 aromatic rings. The van der Waals surface area contributed by atoms with Crippen LogP contribution in [0.5, 0.6) is 0 Å². The molecule has 0 aromatic heterocycles. The van der Waals surface area contributed by atoms with E-state index in [4.69, 9.17) is 4.74 Å². The molecule has 0 bridgehead atoms. The molecule has 0 spiro atoms. The number of carbonyl (C=O) groups excluding carboxylic acids is 1. The lowest BCUT2D eigenvalue weighted by Gasteiger charge is -2.05. The summed E-state index contributed by atoms with van der Waals surface area (Å²) in [6.07, 6.45) is 10.7. The highest BCUT2D eigenvalue weighted by atomic mass is 16.5. The van der Waals surface area contributed by atoms with E-state index in [2.05, 4.69) is 0 Å². The Kier molecular flexibility index (Phi) is 7.48. The minimum absolute atomic E-state index is 0. The molecule has 1 aliphatic heterocycles. The Bertz CT molecular complexity index is 141.